The van der Waals surface area contributed by atoms with Crippen LogP contribution in [0.15, 0.2) is 0 Å². The molecule has 0 amide bonds. The molecule has 2 nitrogen and oxygen atoms in total. The van der Waals surface area contributed by atoms with Crippen LogP contribution in [-0.4, -0.2) is 30.3 Å². The van der Waals surface area contributed by atoms with Gasteiger partial charge in [0.05, 0.1) is 6.07 Å². The summed E-state index contributed by atoms with van der Waals surface area (Å²) in [5.41, 5.74) is 0.281. The van der Waals surface area contributed by atoms with Gasteiger partial charge < -0.3 is 4.90 Å². The summed E-state index contributed by atoms with van der Waals surface area (Å²) < 4.78 is 0. The summed E-state index contributed by atoms with van der Waals surface area (Å²) in [4.78, 5) is 2.42. The Morgan fingerprint density at radius 1 is 1.24 bits per heavy atom. The SMILES string of the molecule is CC(C)CN(CCC#N)CC(CS)C(C)(C)C. The second kappa shape index (κ2) is 8.00. The third kappa shape index (κ3) is 7.68. The fraction of sp³-hybridized carbons (Fsp3) is 0.929. The van der Waals surface area contributed by atoms with Gasteiger partial charge in [0.15, 0.2) is 0 Å². The Morgan fingerprint density at radius 3 is 2.18 bits per heavy atom. The van der Waals surface area contributed by atoms with Crippen LogP contribution in [-0.2, 0) is 0 Å². The van der Waals surface area contributed by atoms with Crippen LogP contribution in [0, 0.1) is 28.6 Å². The molecule has 0 aromatic carbocycles. The zero-order valence-corrected chi connectivity index (χ0v) is 12.9. The Kier molecular flexibility index (Phi) is 7.91. The van der Waals surface area contributed by atoms with Crippen molar-refractivity contribution < 1.29 is 0 Å². The molecule has 0 aliphatic rings. The number of rotatable bonds is 7. The quantitative estimate of drug-likeness (QED) is 0.706. The van der Waals surface area contributed by atoms with Crippen LogP contribution in [0.25, 0.3) is 0 Å². The minimum atomic E-state index is 0.281. The van der Waals surface area contributed by atoms with Crippen molar-refractivity contribution in [2.45, 2.75) is 41.0 Å². The van der Waals surface area contributed by atoms with E-state index in [2.05, 4.69) is 58.2 Å². The Balaban J connectivity index is 4.43. The van der Waals surface area contributed by atoms with Crippen LogP contribution < -0.4 is 0 Å². The van der Waals surface area contributed by atoms with Crippen LogP contribution >= 0.6 is 12.6 Å². The first-order chi connectivity index (χ1) is 7.81. The molecule has 100 valence electrons. The highest BCUT2D eigenvalue weighted by molar-refractivity contribution is 7.80. The van der Waals surface area contributed by atoms with Crippen LogP contribution in [0.1, 0.15) is 41.0 Å². The van der Waals surface area contributed by atoms with E-state index in [1.165, 1.54) is 0 Å². The summed E-state index contributed by atoms with van der Waals surface area (Å²) >= 11 is 4.47. The summed E-state index contributed by atoms with van der Waals surface area (Å²) in [6.07, 6.45) is 0.621. The Bertz CT molecular complexity index is 238. The van der Waals surface area contributed by atoms with E-state index in [9.17, 15) is 0 Å². The van der Waals surface area contributed by atoms with E-state index >= 15 is 0 Å². The third-order valence-electron chi connectivity index (χ3n) is 3.09. The number of nitrogens with zero attached hydrogens (tertiary/aromatic N) is 2. The van der Waals surface area contributed by atoms with Crippen molar-refractivity contribution in [2.24, 2.45) is 17.3 Å². The predicted octanol–water partition coefficient (Wildman–Crippen LogP) is 3.45. The van der Waals surface area contributed by atoms with Gasteiger partial charge in [-0.2, -0.15) is 17.9 Å². The van der Waals surface area contributed by atoms with Gasteiger partial charge in [0.2, 0.25) is 0 Å². The van der Waals surface area contributed by atoms with Gasteiger partial charge in [0.25, 0.3) is 0 Å². The molecule has 0 saturated heterocycles. The van der Waals surface area contributed by atoms with E-state index in [0.29, 0.717) is 18.3 Å². The molecule has 0 radical (unpaired) electrons. The van der Waals surface area contributed by atoms with Crippen molar-refractivity contribution in [3.05, 3.63) is 0 Å². The topological polar surface area (TPSA) is 27.0 Å². The normalized spacial score (nSPS) is 14.1. The van der Waals surface area contributed by atoms with E-state index in [1.807, 2.05) is 0 Å². The Hall–Kier alpha value is -0.200. The summed E-state index contributed by atoms with van der Waals surface area (Å²) in [5, 5.41) is 8.71. The van der Waals surface area contributed by atoms with Gasteiger partial charge in [-0.05, 0) is 23.0 Å². The standard InChI is InChI=1S/C14H28N2S/c1-12(2)9-16(8-6-7-15)10-13(11-17)14(3,4)5/h12-13,17H,6,8-11H2,1-5H3. The maximum Gasteiger partial charge on any atom is 0.0635 e. The molecule has 0 aliphatic heterocycles. The summed E-state index contributed by atoms with van der Waals surface area (Å²) in [6, 6.07) is 2.24. The van der Waals surface area contributed by atoms with E-state index in [4.69, 9.17) is 5.26 Å². The van der Waals surface area contributed by atoms with E-state index in [-0.39, 0.29) is 5.41 Å². The zero-order valence-electron chi connectivity index (χ0n) is 12.0. The summed E-state index contributed by atoms with van der Waals surface area (Å²) in [6.45, 7) is 14.3. The molecule has 0 spiro atoms. The van der Waals surface area contributed by atoms with Crippen LogP contribution in [0.4, 0.5) is 0 Å². The first-order valence-corrected chi connectivity index (χ1v) is 7.14. The summed E-state index contributed by atoms with van der Waals surface area (Å²) in [5.74, 6) is 2.13. The first-order valence-electron chi connectivity index (χ1n) is 6.51. The minimum absolute atomic E-state index is 0.281. The van der Waals surface area contributed by atoms with Gasteiger partial charge >= 0.3 is 0 Å². The predicted molar refractivity (Wildman–Crippen MR) is 78.3 cm³/mol. The first kappa shape index (κ1) is 16.8. The molecule has 0 saturated carbocycles. The van der Waals surface area contributed by atoms with Crippen molar-refractivity contribution >= 4 is 12.6 Å². The molecular formula is C14H28N2S. The van der Waals surface area contributed by atoms with Crippen molar-refractivity contribution in [3.8, 4) is 6.07 Å². The lowest BCUT2D eigenvalue weighted by atomic mass is 9.81. The van der Waals surface area contributed by atoms with Gasteiger partial charge in [-0.1, -0.05) is 34.6 Å². The second-order valence-corrected chi connectivity index (χ2v) is 6.67. The third-order valence-corrected chi connectivity index (χ3v) is 3.53. The molecule has 1 unspecified atom stereocenters. The molecule has 17 heavy (non-hydrogen) atoms. The maximum atomic E-state index is 8.71. The van der Waals surface area contributed by atoms with Crippen molar-refractivity contribution in [3.63, 3.8) is 0 Å². The second-order valence-electron chi connectivity index (χ2n) is 6.31. The molecule has 0 bridgehead atoms. The average molecular weight is 256 g/mol. The maximum absolute atomic E-state index is 8.71. The Morgan fingerprint density at radius 2 is 1.82 bits per heavy atom. The van der Waals surface area contributed by atoms with Crippen LogP contribution in [0.3, 0.4) is 0 Å². The van der Waals surface area contributed by atoms with Gasteiger partial charge in [0.1, 0.15) is 0 Å². The molecule has 0 rings (SSSR count). The van der Waals surface area contributed by atoms with Crippen molar-refractivity contribution in [2.75, 3.05) is 25.4 Å². The van der Waals surface area contributed by atoms with E-state index in [0.717, 1.165) is 25.4 Å². The molecule has 0 heterocycles. The van der Waals surface area contributed by atoms with E-state index < -0.39 is 0 Å². The van der Waals surface area contributed by atoms with Crippen molar-refractivity contribution in [1.29, 1.82) is 5.26 Å². The van der Waals surface area contributed by atoms with E-state index in [1.54, 1.807) is 0 Å². The lowest BCUT2D eigenvalue weighted by Gasteiger charge is -2.35. The number of hydrogen-bond acceptors (Lipinski definition) is 3. The molecule has 0 N–H and O–H groups in total. The Labute approximate surface area is 113 Å². The highest BCUT2D eigenvalue weighted by atomic mass is 32.1. The number of hydrogen-bond donors (Lipinski definition) is 1. The molecule has 0 fully saturated rings. The fourth-order valence-corrected chi connectivity index (χ4v) is 2.56. The average Bonchev–Trinajstić information content (AvgIpc) is 2.19. The van der Waals surface area contributed by atoms with Gasteiger partial charge in [-0.25, -0.2) is 0 Å². The molecule has 0 aliphatic carbocycles. The van der Waals surface area contributed by atoms with Crippen LogP contribution in [0.5, 0.6) is 0 Å². The smallest absolute Gasteiger partial charge is 0.0635 e. The van der Waals surface area contributed by atoms with Gasteiger partial charge in [-0.3, -0.25) is 0 Å². The van der Waals surface area contributed by atoms with Crippen molar-refractivity contribution in [1.82, 2.24) is 4.90 Å². The molecule has 1 atom stereocenters. The fourth-order valence-electron chi connectivity index (χ4n) is 1.90. The summed E-state index contributed by atoms with van der Waals surface area (Å²) in [7, 11) is 0. The van der Waals surface area contributed by atoms with Gasteiger partial charge in [0, 0.05) is 26.1 Å². The zero-order chi connectivity index (χ0) is 13.5. The minimum Gasteiger partial charge on any atom is -0.302 e. The monoisotopic (exact) mass is 256 g/mol. The lowest BCUT2D eigenvalue weighted by Crippen LogP contribution is -2.38. The van der Waals surface area contributed by atoms with Crippen LogP contribution in [0.2, 0.25) is 0 Å². The number of nitriles is 1. The largest absolute Gasteiger partial charge is 0.302 e. The molecule has 0 aromatic heterocycles. The highest BCUT2D eigenvalue weighted by Gasteiger charge is 2.25. The molecule has 3 heteroatoms. The highest BCUT2D eigenvalue weighted by Crippen LogP contribution is 2.27. The van der Waals surface area contributed by atoms with Gasteiger partial charge in [-0.15, -0.1) is 0 Å². The lowest BCUT2D eigenvalue weighted by molar-refractivity contribution is 0.155. The molecule has 0 aromatic rings. The number of thiol groups is 1. The molecular weight excluding hydrogens is 228 g/mol.